The van der Waals surface area contributed by atoms with E-state index in [4.69, 9.17) is 4.74 Å². The third kappa shape index (κ3) is 4.04. The molecular weight excluding hydrogens is 320 g/mol. The summed E-state index contributed by atoms with van der Waals surface area (Å²) < 4.78 is 5.98. The third-order valence-corrected chi connectivity index (χ3v) is 3.86. The first-order valence-electron chi connectivity index (χ1n) is 6.70. The van der Waals surface area contributed by atoms with Gasteiger partial charge in [-0.1, -0.05) is 35.0 Å². The number of rotatable bonds is 7. The molecule has 0 saturated carbocycles. The Labute approximate surface area is 129 Å². The van der Waals surface area contributed by atoms with E-state index >= 15 is 0 Å². The summed E-state index contributed by atoms with van der Waals surface area (Å²) in [6, 6.07) is 7.79. The normalized spacial score (nSPS) is 14.1. The van der Waals surface area contributed by atoms with E-state index in [9.17, 15) is 4.79 Å². The predicted molar refractivity (Wildman–Crippen MR) is 84.7 cm³/mol. The molecule has 0 heterocycles. The fourth-order valence-electron chi connectivity index (χ4n) is 2.19. The van der Waals surface area contributed by atoms with Crippen LogP contribution >= 0.6 is 15.9 Å². The number of benzene rings is 1. The predicted octanol–water partition coefficient (Wildman–Crippen LogP) is 2.38. The minimum absolute atomic E-state index is 0.253. The molecule has 5 heteroatoms. The lowest BCUT2D eigenvalue weighted by molar-refractivity contribution is -0.149. The van der Waals surface area contributed by atoms with Crippen molar-refractivity contribution >= 4 is 21.9 Å². The molecule has 20 heavy (non-hydrogen) atoms. The maximum absolute atomic E-state index is 12.3. The van der Waals surface area contributed by atoms with E-state index in [2.05, 4.69) is 26.1 Å². The van der Waals surface area contributed by atoms with Crippen LogP contribution in [0.3, 0.4) is 0 Å². The number of nitrogens with one attached hydrogen (secondary N) is 1. The van der Waals surface area contributed by atoms with Crippen LogP contribution in [0.2, 0.25) is 0 Å². The number of ether oxygens (including phenoxy) is 1. The summed E-state index contributed by atoms with van der Waals surface area (Å²) in [5.41, 5.74) is 0.120. The van der Waals surface area contributed by atoms with Crippen molar-refractivity contribution in [1.82, 2.24) is 10.2 Å². The van der Waals surface area contributed by atoms with Crippen LogP contribution in [0.25, 0.3) is 0 Å². The molecule has 1 aromatic carbocycles. The highest BCUT2D eigenvalue weighted by atomic mass is 79.9. The smallest absolute Gasteiger partial charge is 0.330 e. The number of hydrogen-bond acceptors (Lipinski definition) is 4. The Morgan fingerprint density at radius 1 is 1.45 bits per heavy atom. The summed E-state index contributed by atoms with van der Waals surface area (Å²) in [5, 5.41) is 3.37. The van der Waals surface area contributed by atoms with E-state index in [1.54, 1.807) is 0 Å². The fraction of sp³-hybridized carbons (Fsp3) is 0.533. The van der Waals surface area contributed by atoms with Gasteiger partial charge < -0.3 is 9.64 Å². The number of halogens is 1. The lowest BCUT2D eigenvalue weighted by atomic mass is 9.87. The van der Waals surface area contributed by atoms with Gasteiger partial charge in [0, 0.05) is 17.6 Å². The molecule has 1 unspecified atom stereocenters. The van der Waals surface area contributed by atoms with Crippen molar-refractivity contribution in [3.63, 3.8) is 0 Å². The van der Waals surface area contributed by atoms with Gasteiger partial charge in [0.25, 0.3) is 0 Å². The second-order valence-electron chi connectivity index (χ2n) is 4.99. The molecule has 1 N–H and O–H groups in total. The zero-order chi connectivity index (χ0) is 15.2. The molecule has 4 nitrogen and oxygen atoms in total. The van der Waals surface area contributed by atoms with Gasteiger partial charge in [-0.3, -0.25) is 5.32 Å². The van der Waals surface area contributed by atoms with Gasteiger partial charge >= 0.3 is 5.97 Å². The summed E-state index contributed by atoms with van der Waals surface area (Å²) >= 11 is 3.46. The van der Waals surface area contributed by atoms with Crippen LogP contribution in [-0.4, -0.2) is 45.2 Å². The Hall–Kier alpha value is -0.910. The largest absolute Gasteiger partial charge is 0.467 e. The summed E-state index contributed by atoms with van der Waals surface area (Å²) in [6.07, 6.45) is 0.629. The molecule has 0 spiro atoms. The van der Waals surface area contributed by atoms with E-state index in [1.807, 2.05) is 45.3 Å². The maximum atomic E-state index is 12.3. The van der Waals surface area contributed by atoms with Gasteiger partial charge in [-0.25, -0.2) is 4.79 Å². The number of hydrogen-bond donors (Lipinski definition) is 1. The molecular formula is C15H23BrN2O2. The van der Waals surface area contributed by atoms with Crippen LogP contribution in [0, 0.1) is 0 Å². The van der Waals surface area contributed by atoms with Crippen LogP contribution in [0.4, 0.5) is 0 Å². The van der Waals surface area contributed by atoms with Crippen LogP contribution in [0.15, 0.2) is 28.7 Å². The number of carbonyl (C=O) groups excluding carboxylic acids is 1. The topological polar surface area (TPSA) is 41.6 Å². The van der Waals surface area contributed by atoms with Crippen LogP contribution in [0.5, 0.6) is 0 Å². The highest BCUT2D eigenvalue weighted by Crippen LogP contribution is 2.28. The molecule has 0 amide bonds. The molecule has 0 fully saturated rings. The first kappa shape index (κ1) is 17.1. The highest BCUT2D eigenvalue weighted by Gasteiger charge is 2.39. The van der Waals surface area contributed by atoms with Crippen LogP contribution in [-0.2, 0) is 15.1 Å². The molecule has 0 saturated heterocycles. The van der Waals surface area contributed by atoms with Crippen LogP contribution < -0.4 is 5.32 Å². The number of carbonyl (C=O) groups is 1. The second kappa shape index (κ2) is 7.76. The van der Waals surface area contributed by atoms with Gasteiger partial charge in [0.2, 0.25) is 0 Å². The minimum atomic E-state index is -0.797. The standard InChI is InChI=1S/C15H23BrN2O2/c1-5-15(14(19)20-4,17-9-10-18(2)3)12-7-6-8-13(16)11-12/h6-8,11,17H,5,9-10H2,1-4H3. The Morgan fingerprint density at radius 3 is 2.65 bits per heavy atom. The van der Waals surface area contributed by atoms with E-state index in [0.717, 1.165) is 16.6 Å². The molecule has 0 aliphatic rings. The first-order chi connectivity index (χ1) is 9.46. The van der Waals surface area contributed by atoms with Crippen LogP contribution in [0.1, 0.15) is 18.9 Å². The highest BCUT2D eigenvalue weighted by molar-refractivity contribution is 9.10. The Balaban J connectivity index is 3.08. The molecule has 0 radical (unpaired) electrons. The van der Waals surface area contributed by atoms with Crippen molar-refractivity contribution in [3.05, 3.63) is 34.3 Å². The van der Waals surface area contributed by atoms with Gasteiger partial charge in [-0.05, 0) is 38.2 Å². The zero-order valence-electron chi connectivity index (χ0n) is 12.6. The monoisotopic (exact) mass is 342 g/mol. The molecule has 112 valence electrons. The van der Waals surface area contributed by atoms with E-state index in [-0.39, 0.29) is 5.97 Å². The molecule has 0 aromatic heterocycles. The third-order valence-electron chi connectivity index (χ3n) is 3.37. The first-order valence-corrected chi connectivity index (χ1v) is 7.49. The van der Waals surface area contributed by atoms with Crippen molar-refractivity contribution in [2.45, 2.75) is 18.9 Å². The average molecular weight is 343 g/mol. The maximum Gasteiger partial charge on any atom is 0.330 e. The molecule has 1 aromatic rings. The van der Waals surface area contributed by atoms with E-state index in [0.29, 0.717) is 13.0 Å². The molecule has 1 rings (SSSR count). The van der Waals surface area contributed by atoms with Crippen molar-refractivity contribution in [3.8, 4) is 0 Å². The van der Waals surface area contributed by atoms with Gasteiger partial charge in [0.15, 0.2) is 0 Å². The van der Waals surface area contributed by atoms with Gasteiger partial charge in [0.1, 0.15) is 5.54 Å². The Bertz CT molecular complexity index is 451. The summed E-state index contributed by atoms with van der Waals surface area (Å²) in [7, 11) is 5.44. The van der Waals surface area contributed by atoms with Crippen molar-refractivity contribution in [2.24, 2.45) is 0 Å². The van der Waals surface area contributed by atoms with Gasteiger partial charge in [0.05, 0.1) is 7.11 Å². The number of esters is 1. The summed E-state index contributed by atoms with van der Waals surface area (Å²) in [5.74, 6) is -0.253. The van der Waals surface area contributed by atoms with Crippen molar-refractivity contribution in [2.75, 3.05) is 34.3 Å². The lowest BCUT2D eigenvalue weighted by Crippen LogP contribution is -2.51. The van der Waals surface area contributed by atoms with E-state index < -0.39 is 5.54 Å². The average Bonchev–Trinajstić information content (AvgIpc) is 2.42. The van der Waals surface area contributed by atoms with Gasteiger partial charge in [-0.2, -0.15) is 0 Å². The minimum Gasteiger partial charge on any atom is -0.467 e. The van der Waals surface area contributed by atoms with Crippen molar-refractivity contribution in [1.29, 1.82) is 0 Å². The number of methoxy groups -OCH3 is 1. The van der Waals surface area contributed by atoms with Crippen molar-refractivity contribution < 1.29 is 9.53 Å². The molecule has 0 aliphatic carbocycles. The lowest BCUT2D eigenvalue weighted by Gasteiger charge is -2.32. The second-order valence-corrected chi connectivity index (χ2v) is 5.91. The quantitative estimate of drug-likeness (QED) is 0.772. The number of nitrogens with zero attached hydrogens (tertiary/aromatic N) is 1. The molecule has 0 aliphatic heterocycles. The fourth-order valence-corrected chi connectivity index (χ4v) is 2.59. The molecule has 0 bridgehead atoms. The SMILES string of the molecule is CCC(NCCN(C)C)(C(=O)OC)c1cccc(Br)c1. The molecule has 1 atom stereocenters. The Kier molecular flexibility index (Phi) is 6.65. The van der Waals surface area contributed by atoms with Gasteiger partial charge in [-0.15, -0.1) is 0 Å². The van der Waals surface area contributed by atoms with E-state index in [1.165, 1.54) is 7.11 Å². The summed E-state index contributed by atoms with van der Waals surface area (Å²) in [4.78, 5) is 14.4. The zero-order valence-corrected chi connectivity index (χ0v) is 14.2. The number of likely N-dealkylation sites (N-methyl/N-ethyl adjacent to an activating group) is 1. The Morgan fingerprint density at radius 2 is 2.15 bits per heavy atom. The summed E-state index contributed by atoms with van der Waals surface area (Å²) in [6.45, 7) is 3.55.